The maximum Gasteiger partial charge on any atom is 0.262 e. The van der Waals surface area contributed by atoms with Gasteiger partial charge in [-0.15, -0.1) is 0 Å². The average molecular weight is 413 g/mol. The maximum absolute atomic E-state index is 12.2. The minimum absolute atomic E-state index is 0.0934. The largest absolute Gasteiger partial charge is 0.490 e. The van der Waals surface area contributed by atoms with Crippen LogP contribution in [-0.4, -0.2) is 42.1 Å². The Morgan fingerprint density at radius 2 is 1.76 bits per heavy atom. The number of hydrogen-bond donors (Lipinski definition) is 1. The first-order valence-corrected chi connectivity index (χ1v) is 10.5. The van der Waals surface area contributed by atoms with Gasteiger partial charge in [0.15, 0.2) is 18.1 Å². The minimum Gasteiger partial charge on any atom is -0.490 e. The Morgan fingerprint density at radius 1 is 1.03 bits per heavy atom. The molecule has 2 aromatic rings. The van der Waals surface area contributed by atoms with Crippen LogP contribution in [0.5, 0.6) is 11.5 Å². The van der Waals surface area contributed by atoms with Gasteiger partial charge >= 0.3 is 0 Å². The molecule has 0 bridgehead atoms. The van der Waals surface area contributed by atoms with Crippen molar-refractivity contribution in [2.24, 2.45) is 0 Å². The van der Waals surface area contributed by atoms with Crippen molar-refractivity contribution in [3.8, 4) is 11.5 Å². The quantitative estimate of drug-likeness (QED) is 0.675. The second-order valence-electron chi connectivity index (χ2n) is 7.15. The zero-order valence-corrected chi connectivity index (χ0v) is 17.9. The van der Waals surface area contributed by atoms with Crippen LogP contribution in [0.3, 0.4) is 0 Å². The molecule has 1 fully saturated rings. The molecule has 0 saturated carbocycles. The molecule has 0 aromatic heterocycles. The van der Waals surface area contributed by atoms with Crippen LogP contribution in [0, 0.1) is 6.92 Å². The number of hydrogen-bond acceptors (Lipinski definition) is 4. The molecule has 1 N–H and O–H groups in total. The zero-order chi connectivity index (χ0) is 20.6. The first-order valence-electron chi connectivity index (χ1n) is 10.1. The van der Waals surface area contributed by atoms with Crippen molar-refractivity contribution in [3.05, 3.63) is 53.6 Å². The number of carbonyl (C=O) groups excluding carboxylic acids is 1. The van der Waals surface area contributed by atoms with Gasteiger partial charge in [-0.1, -0.05) is 29.9 Å². The Labute approximate surface area is 178 Å². The summed E-state index contributed by atoms with van der Waals surface area (Å²) in [5, 5.41) is 2.83. The third kappa shape index (κ3) is 5.94. The fourth-order valence-corrected chi connectivity index (χ4v) is 3.60. The van der Waals surface area contributed by atoms with Crippen LogP contribution < -0.4 is 14.8 Å². The highest BCUT2D eigenvalue weighted by Crippen LogP contribution is 2.29. The molecule has 1 aliphatic heterocycles. The molecular formula is C23H28N2O3S. The van der Waals surface area contributed by atoms with Gasteiger partial charge in [-0.05, 0) is 63.4 Å². The van der Waals surface area contributed by atoms with Gasteiger partial charge in [0.25, 0.3) is 5.91 Å². The third-order valence-electron chi connectivity index (χ3n) is 4.83. The van der Waals surface area contributed by atoms with E-state index in [1.165, 1.54) is 19.3 Å². The van der Waals surface area contributed by atoms with Crippen molar-refractivity contribution < 1.29 is 14.3 Å². The number of ether oxygens (including phenoxy) is 2. The first-order chi connectivity index (χ1) is 14.1. The number of amides is 1. The first kappa shape index (κ1) is 21.1. The van der Waals surface area contributed by atoms with E-state index < -0.39 is 0 Å². The second kappa shape index (κ2) is 10.3. The molecule has 1 saturated heterocycles. The lowest BCUT2D eigenvalue weighted by molar-refractivity contribution is -0.118. The molecule has 6 heteroatoms. The highest BCUT2D eigenvalue weighted by atomic mass is 32.1. The molecule has 0 aliphatic carbocycles. The molecule has 5 nitrogen and oxygen atoms in total. The van der Waals surface area contributed by atoms with E-state index in [9.17, 15) is 4.79 Å². The van der Waals surface area contributed by atoms with Gasteiger partial charge in [-0.25, -0.2) is 0 Å². The van der Waals surface area contributed by atoms with Crippen LogP contribution in [0.1, 0.15) is 37.3 Å². The fraction of sp³-hybridized carbons (Fsp3) is 0.391. The number of thiocarbonyl (C=S) groups is 1. The number of benzene rings is 2. The average Bonchev–Trinajstić information content (AvgIpc) is 2.75. The predicted molar refractivity (Wildman–Crippen MR) is 120 cm³/mol. The van der Waals surface area contributed by atoms with Crippen molar-refractivity contribution in [1.29, 1.82) is 0 Å². The van der Waals surface area contributed by atoms with Gasteiger partial charge in [0.1, 0.15) is 4.99 Å². The van der Waals surface area contributed by atoms with E-state index in [1.807, 2.05) is 56.3 Å². The van der Waals surface area contributed by atoms with E-state index in [2.05, 4.69) is 10.2 Å². The Morgan fingerprint density at radius 3 is 2.45 bits per heavy atom. The van der Waals surface area contributed by atoms with Crippen molar-refractivity contribution in [1.82, 2.24) is 4.90 Å². The van der Waals surface area contributed by atoms with E-state index in [0.717, 1.165) is 34.9 Å². The monoisotopic (exact) mass is 412 g/mol. The summed E-state index contributed by atoms with van der Waals surface area (Å²) >= 11 is 5.68. The number of rotatable bonds is 7. The van der Waals surface area contributed by atoms with Gasteiger partial charge in [0.05, 0.1) is 6.61 Å². The van der Waals surface area contributed by atoms with Crippen molar-refractivity contribution in [3.63, 3.8) is 0 Å². The summed E-state index contributed by atoms with van der Waals surface area (Å²) in [5.41, 5.74) is 2.83. The summed E-state index contributed by atoms with van der Waals surface area (Å²) in [6, 6.07) is 13.3. The van der Waals surface area contributed by atoms with Gasteiger partial charge in [-0.2, -0.15) is 0 Å². The standard InChI is InChI=1S/C23H28N2O3S/c1-3-27-21-15-18(23(29)25-13-5-4-6-14-25)9-12-20(21)28-16-22(26)24-19-10-7-17(2)8-11-19/h7-12,15H,3-6,13-14,16H2,1-2H3,(H,24,26). The van der Waals surface area contributed by atoms with E-state index in [-0.39, 0.29) is 12.5 Å². The Bertz CT molecular complexity index is 846. The van der Waals surface area contributed by atoms with Gasteiger partial charge in [0, 0.05) is 24.3 Å². The van der Waals surface area contributed by atoms with Crippen molar-refractivity contribution in [2.75, 3.05) is 31.6 Å². The highest BCUT2D eigenvalue weighted by Gasteiger charge is 2.17. The third-order valence-corrected chi connectivity index (χ3v) is 5.32. The number of anilines is 1. The SMILES string of the molecule is CCOc1cc(C(=S)N2CCCCC2)ccc1OCC(=O)Nc1ccc(C)cc1. The Kier molecular flexibility index (Phi) is 7.47. The highest BCUT2D eigenvalue weighted by molar-refractivity contribution is 7.80. The van der Waals surface area contributed by atoms with Crippen LogP contribution in [0.4, 0.5) is 5.69 Å². The van der Waals surface area contributed by atoms with Gasteiger partial charge in [0.2, 0.25) is 0 Å². The molecule has 1 heterocycles. The molecular weight excluding hydrogens is 384 g/mol. The molecule has 0 spiro atoms. The number of piperidine rings is 1. The molecule has 0 radical (unpaired) electrons. The van der Waals surface area contributed by atoms with Crippen molar-refractivity contribution >= 4 is 28.8 Å². The number of aryl methyl sites for hydroxylation is 1. The van der Waals surface area contributed by atoms with Crippen LogP contribution >= 0.6 is 12.2 Å². The molecule has 154 valence electrons. The summed E-state index contributed by atoms with van der Waals surface area (Å²) in [6.45, 7) is 6.34. The van der Waals surface area contributed by atoms with E-state index in [1.54, 1.807) is 0 Å². The van der Waals surface area contributed by atoms with Crippen LogP contribution in [0.15, 0.2) is 42.5 Å². The summed E-state index contributed by atoms with van der Waals surface area (Å²) in [6.07, 6.45) is 3.62. The number of likely N-dealkylation sites (tertiary alicyclic amines) is 1. The molecule has 1 aliphatic rings. The summed E-state index contributed by atoms with van der Waals surface area (Å²) in [7, 11) is 0. The van der Waals surface area contributed by atoms with E-state index >= 15 is 0 Å². The van der Waals surface area contributed by atoms with E-state index in [4.69, 9.17) is 21.7 Å². The topological polar surface area (TPSA) is 50.8 Å². The fourth-order valence-electron chi connectivity index (χ4n) is 3.29. The van der Waals surface area contributed by atoms with E-state index in [0.29, 0.717) is 18.1 Å². The van der Waals surface area contributed by atoms with Crippen LogP contribution in [-0.2, 0) is 4.79 Å². The lowest BCUT2D eigenvalue weighted by atomic mass is 10.1. The maximum atomic E-state index is 12.2. The lowest BCUT2D eigenvalue weighted by Crippen LogP contribution is -2.34. The Hall–Kier alpha value is -2.60. The predicted octanol–water partition coefficient (Wildman–Crippen LogP) is 4.57. The van der Waals surface area contributed by atoms with Crippen LogP contribution in [0.25, 0.3) is 0 Å². The minimum atomic E-state index is -0.218. The van der Waals surface area contributed by atoms with Crippen molar-refractivity contribution in [2.45, 2.75) is 33.1 Å². The molecule has 3 rings (SSSR count). The van der Waals surface area contributed by atoms with Gasteiger partial charge in [-0.3, -0.25) is 4.79 Å². The van der Waals surface area contributed by atoms with Gasteiger partial charge < -0.3 is 19.7 Å². The summed E-state index contributed by atoms with van der Waals surface area (Å²) < 4.78 is 11.5. The smallest absolute Gasteiger partial charge is 0.262 e. The lowest BCUT2D eigenvalue weighted by Gasteiger charge is -2.29. The second-order valence-corrected chi connectivity index (χ2v) is 7.54. The molecule has 0 unspecified atom stereocenters. The Balaban J connectivity index is 1.64. The zero-order valence-electron chi connectivity index (χ0n) is 17.1. The number of nitrogens with one attached hydrogen (secondary N) is 1. The number of nitrogens with zero attached hydrogens (tertiary/aromatic N) is 1. The van der Waals surface area contributed by atoms with Crippen LogP contribution in [0.2, 0.25) is 0 Å². The number of carbonyl (C=O) groups is 1. The molecule has 29 heavy (non-hydrogen) atoms. The summed E-state index contributed by atoms with van der Waals surface area (Å²) in [4.78, 5) is 15.3. The normalized spacial score (nSPS) is 13.7. The molecule has 1 amide bonds. The molecule has 2 aromatic carbocycles. The summed E-state index contributed by atoms with van der Waals surface area (Å²) in [5.74, 6) is 0.924. The molecule has 0 atom stereocenters.